The third kappa shape index (κ3) is 5.05. The molecule has 0 radical (unpaired) electrons. The monoisotopic (exact) mass is 380 g/mol. The molecule has 0 saturated carbocycles. The number of hydrogen-bond donors (Lipinski definition) is 2. The summed E-state index contributed by atoms with van der Waals surface area (Å²) in [7, 11) is 0. The minimum Gasteiger partial charge on any atom is -0.350 e. The molecule has 0 saturated heterocycles. The number of amides is 1. The number of nitrogens with zero attached hydrogens (tertiary/aromatic N) is 2. The van der Waals surface area contributed by atoms with Crippen LogP contribution in [0.15, 0.2) is 60.8 Å². The molecular formula is C21H21ClN4O. The van der Waals surface area contributed by atoms with Crippen molar-refractivity contribution in [2.45, 2.75) is 26.4 Å². The predicted octanol–water partition coefficient (Wildman–Crippen LogP) is 4.54. The Kier molecular flexibility index (Phi) is 6.04. The smallest absolute Gasteiger partial charge is 0.251 e. The lowest BCUT2D eigenvalue weighted by Crippen LogP contribution is -2.27. The minimum atomic E-state index is -0.186. The molecule has 3 aromatic rings. The van der Waals surface area contributed by atoms with E-state index in [4.69, 9.17) is 11.6 Å². The molecule has 1 amide bonds. The van der Waals surface area contributed by atoms with Crippen LogP contribution in [0.4, 0.5) is 5.95 Å². The van der Waals surface area contributed by atoms with Gasteiger partial charge < -0.3 is 10.6 Å². The Hall–Kier alpha value is -2.92. The summed E-state index contributed by atoms with van der Waals surface area (Å²) in [6.45, 7) is 4.36. The van der Waals surface area contributed by atoms with Gasteiger partial charge in [0, 0.05) is 29.0 Å². The fourth-order valence-electron chi connectivity index (χ4n) is 2.72. The standard InChI is InChI=1S/C21H21ClN4O/c1-14-10-11-23-21(25-14)24-13-16-6-5-7-17(12-16)20(27)26-15(2)18-8-3-4-9-19(18)22/h3-12,15H,13H2,1-2H3,(H,26,27)(H,23,24,25). The van der Waals surface area contributed by atoms with Crippen molar-refractivity contribution in [3.63, 3.8) is 0 Å². The van der Waals surface area contributed by atoms with Crippen LogP contribution >= 0.6 is 11.6 Å². The Morgan fingerprint density at radius 3 is 2.74 bits per heavy atom. The second-order valence-corrected chi connectivity index (χ2v) is 6.70. The first-order chi connectivity index (χ1) is 13.0. The lowest BCUT2D eigenvalue weighted by molar-refractivity contribution is 0.0940. The number of aromatic nitrogens is 2. The van der Waals surface area contributed by atoms with Crippen molar-refractivity contribution in [3.8, 4) is 0 Å². The van der Waals surface area contributed by atoms with E-state index in [-0.39, 0.29) is 11.9 Å². The van der Waals surface area contributed by atoms with Crippen LogP contribution < -0.4 is 10.6 Å². The SMILES string of the molecule is Cc1ccnc(NCc2cccc(C(=O)NC(C)c3ccccc3Cl)c2)n1. The summed E-state index contributed by atoms with van der Waals surface area (Å²) in [5, 5.41) is 6.80. The van der Waals surface area contributed by atoms with Crippen molar-refractivity contribution in [3.05, 3.63) is 88.2 Å². The first-order valence-corrected chi connectivity index (χ1v) is 9.08. The average molecular weight is 381 g/mol. The Morgan fingerprint density at radius 2 is 1.96 bits per heavy atom. The van der Waals surface area contributed by atoms with Gasteiger partial charge in [-0.15, -0.1) is 0 Å². The third-order valence-electron chi connectivity index (χ3n) is 4.15. The molecule has 27 heavy (non-hydrogen) atoms. The molecule has 138 valence electrons. The molecule has 1 unspecified atom stereocenters. The summed E-state index contributed by atoms with van der Waals surface area (Å²) in [5.74, 6) is 0.424. The maximum atomic E-state index is 12.6. The van der Waals surface area contributed by atoms with E-state index in [9.17, 15) is 4.79 Å². The molecule has 6 heteroatoms. The first-order valence-electron chi connectivity index (χ1n) is 8.70. The summed E-state index contributed by atoms with van der Waals surface area (Å²) in [6, 6.07) is 16.6. The number of aryl methyl sites for hydroxylation is 1. The Bertz CT molecular complexity index is 945. The molecule has 0 aliphatic heterocycles. The largest absolute Gasteiger partial charge is 0.350 e. The maximum absolute atomic E-state index is 12.6. The van der Waals surface area contributed by atoms with E-state index < -0.39 is 0 Å². The predicted molar refractivity (Wildman–Crippen MR) is 108 cm³/mol. The van der Waals surface area contributed by atoms with Crippen LogP contribution in [0, 0.1) is 6.92 Å². The van der Waals surface area contributed by atoms with Crippen LogP contribution in [0.3, 0.4) is 0 Å². The van der Waals surface area contributed by atoms with Gasteiger partial charge in [0.25, 0.3) is 5.91 Å². The zero-order chi connectivity index (χ0) is 19.2. The summed E-state index contributed by atoms with van der Waals surface area (Å²) >= 11 is 6.21. The molecule has 0 fully saturated rings. The topological polar surface area (TPSA) is 66.9 Å². The highest BCUT2D eigenvalue weighted by atomic mass is 35.5. The van der Waals surface area contributed by atoms with Gasteiger partial charge in [-0.25, -0.2) is 9.97 Å². The summed E-state index contributed by atoms with van der Waals surface area (Å²) in [5.41, 5.74) is 3.35. The first kappa shape index (κ1) is 18.9. The molecular weight excluding hydrogens is 360 g/mol. The number of anilines is 1. The lowest BCUT2D eigenvalue weighted by Gasteiger charge is -2.16. The van der Waals surface area contributed by atoms with E-state index in [0.29, 0.717) is 23.1 Å². The van der Waals surface area contributed by atoms with Crippen LogP contribution in [0.25, 0.3) is 0 Å². The lowest BCUT2D eigenvalue weighted by atomic mass is 10.1. The molecule has 3 rings (SSSR count). The van der Waals surface area contributed by atoms with Crippen LogP contribution in [-0.2, 0) is 6.54 Å². The highest BCUT2D eigenvalue weighted by Crippen LogP contribution is 2.22. The van der Waals surface area contributed by atoms with Crippen molar-refractivity contribution < 1.29 is 4.79 Å². The number of rotatable bonds is 6. The quantitative estimate of drug-likeness (QED) is 0.658. The van der Waals surface area contributed by atoms with Gasteiger partial charge in [0.15, 0.2) is 0 Å². The molecule has 1 heterocycles. The van der Waals surface area contributed by atoms with Gasteiger partial charge in [-0.05, 0) is 49.2 Å². The molecule has 0 aliphatic rings. The van der Waals surface area contributed by atoms with Gasteiger partial charge in [0.2, 0.25) is 5.95 Å². The summed E-state index contributed by atoms with van der Waals surface area (Å²) < 4.78 is 0. The van der Waals surface area contributed by atoms with E-state index in [1.54, 1.807) is 12.3 Å². The van der Waals surface area contributed by atoms with E-state index in [0.717, 1.165) is 16.8 Å². The zero-order valence-electron chi connectivity index (χ0n) is 15.2. The van der Waals surface area contributed by atoms with Crippen molar-refractivity contribution in [1.82, 2.24) is 15.3 Å². The number of carbonyl (C=O) groups is 1. The van der Waals surface area contributed by atoms with Crippen molar-refractivity contribution in [1.29, 1.82) is 0 Å². The van der Waals surface area contributed by atoms with E-state index in [2.05, 4.69) is 20.6 Å². The maximum Gasteiger partial charge on any atom is 0.251 e. The molecule has 2 aromatic carbocycles. The van der Waals surface area contributed by atoms with Gasteiger partial charge >= 0.3 is 0 Å². The highest BCUT2D eigenvalue weighted by Gasteiger charge is 2.14. The van der Waals surface area contributed by atoms with Crippen molar-refractivity contribution >= 4 is 23.5 Å². The number of nitrogens with one attached hydrogen (secondary N) is 2. The van der Waals surface area contributed by atoms with E-state index >= 15 is 0 Å². The van der Waals surface area contributed by atoms with Gasteiger partial charge in [0.05, 0.1) is 6.04 Å². The van der Waals surface area contributed by atoms with Crippen LogP contribution in [0.1, 0.15) is 40.1 Å². The van der Waals surface area contributed by atoms with Gasteiger partial charge in [-0.1, -0.05) is 41.9 Å². The molecule has 0 spiro atoms. The summed E-state index contributed by atoms with van der Waals surface area (Å²) in [6.07, 6.45) is 1.71. The fourth-order valence-corrected chi connectivity index (χ4v) is 3.02. The second kappa shape index (κ2) is 8.64. The van der Waals surface area contributed by atoms with Crippen LogP contribution in [0.2, 0.25) is 5.02 Å². The minimum absolute atomic E-state index is 0.143. The Labute approximate surface area is 163 Å². The number of carbonyl (C=O) groups excluding carboxylic acids is 1. The average Bonchev–Trinajstić information content (AvgIpc) is 2.67. The number of halogens is 1. The van der Waals surface area contributed by atoms with Gasteiger partial charge in [-0.2, -0.15) is 0 Å². The van der Waals surface area contributed by atoms with E-state index in [1.165, 1.54) is 0 Å². The second-order valence-electron chi connectivity index (χ2n) is 6.29. The van der Waals surface area contributed by atoms with Crippen LogP contribution in [-0.4, -0.2) is 15.9 Å². The van der Waals surface area contributed by atoms with Gasteiger partial charge in [-0.3, -0.25) is 4.79 Å². The van der Waals surface area contributed by atoms with Crippen molar-refractivity contribution in [2.24, 2.45) is 0 Å². The van der Waals surface area contributed by atoms with Crippen LogP contribution in [0.5, 0.6) is 0 Å². The third-order valence-corrected chi connectivity index (χ3v) is 4.50. The fraction of sp³-hybridized carbons (Fsp3) is 0.190. The van der Waals surface area contributed by atoms with E-state index in [1.807, 2.05) is 62.4 Å². The normalized spacial score (nSPS) is 11.7. The van der Waals surface area contributed by atoms with Gasteiger partial charge in [0.1, 0.15) is 0 Å². The molecule has 2 N–H and O–H groups in total. The highest BCUT2D eigenvalue weighted by molar-refractivity contribution is 6.31. The number of benzene rings is 2. The Balaban J connectivity index is 1.65. The summed E-state index contributed by atoms with van der Waals surface area (Å²) in [4.78, 5) is 21.1. The molecule has 5 nitrogen and oxygen atoms in total. The Morgan fingerprint density at radius 1 is 1.15 bits per heavy atom. The zero-order valence-corrected chi connectivity index (χ0v) is 16.0. The molecule has 1 atom stereocenters. The molecule has 0 aliphatic carbocycles. The molecule has 1 aromatic heterocycles. The number of hydrogen-bond acceptors (Lipinski definition) is 4. The molecule has 0 bridgehead atoms. The van der Waals surface area contributed by atoms with Crippen molar-refractivity contribution in [2.75, 3.05) is 5.32 Å².